The summed E-state index contributed by atoms with van der Waals surface area (Å²) in [7, 11) is 0. The van der Waals surface area contributed by atoms with E-state index in [2.05, 4.69) is 9.47 Å². The smallest absolute Gasteiger partial charge is 0.313 e. The van der Waals surface area contributed by atoms with Crippen LogP contribution in [0.2, 0.25) is 0 Å². The van der Waals surface area contributed by atoms with Gasteiger partial charge in [0.1, 0.15) is 18.8 Å². The molecule has 0 saturated heterocycles. The topological polar surface area (TPSA) is 89.9 Å². The maximum atomic E-state index is 11.3. The predicted octanol–water partition coefficient (Wildman–Crippen LogP) is 0.379. The van der Waals surface area contributed by atoms with Crippen LogP contribution in [0.25, 0.3) is 0 Å². The van der Waals surface area contributed by atoms with Crippen LogP contribution in [0.1, 0.15) is 26.7 Å². The van der Waals surface area contributed by atoms with Gasteiger partial charge in [-0.2, -0.15) is 0 Å². The van der Waals surface area contributed by atoms with E-state index in [4.69, 9.17) is 0 Å². The standard InChI is InChI=1S/C12H18O6/c1-3-17-12(16)8-11(15)7-10(14)5-4-6-18-9(2)13/h4-5,10,14H,3,6-8H2,1-2H3/b5-4+/t10-/m0/s1. The molecular weight excluding hydrogens is 240 g/mol. The Kier molecular flexibility index (Phi) is 8.47. The zero-order chi connectivity index (χ0) is 14.0. The summed E-state index contributed by atoms with van der Waals surface area (Å²) in [6.45, 7) is 3.18. The molecule has 0 unspecified atom stereocenters. The van der Waals surface area contributed by atoms with Crippen molar-refractivity contribution in [1.29, 1.82) is 0 Å². The first-order chi connectivity index (χ1) is 8.45. The van der Waals surface area contributed by atoms with Gasteiger partial charge in [-0.05, 0) is 13.0 Å². The maximum absolute atomic E-state index is 11.3. The van der Waals surface area contributed by atoms with Gasteiger partial charge in [0.25, 0.3) is 0 Å². The molecule has 0 heterocycles. The molecule has 0 aliphatic carbocycles. The number of carbonyl (C=O) groups is 3. The van der Waals surface area contributed by atoms with Gasteiger partial charge in [-0.15, -0.1) is 0 Å². The van der Waals surface area contributed by atoms with Crippen molar-refractivity contribution in [3.8, 4) is 0 Å². The Bertz CT molecular complexity index is 321. The van der Waals surface area contributed by atoms with Gasteiger partial charge in [-0.1, -0.05) is 6.08 Å². The van der Waals surface area contributed by atoms with Crippen LogP contribution in [0.4, 0.5) is 0 Å². The minimum Gasteiger partial charge on any atom is -0.466 e. The summed E-state index contributed by atoms with van der Waals surface area (Å²) in [5.41, 5.74) is 0. The number of ketones is 1. The largest absolute Gasteiger partial charge is 0.466 e. The first-order valence-electron chi connectivity index (χ1n) is 5.61. The van der Waals surface area contributed by atoms with E-state index >= 15 is 0 Å². The molecule has 0 radical (unpaired) electrons. The lowest BCUT2D eigenvalue weighted by Gasteiger charge is -2.04. The summed E-state index contributed by atoms with van der Waals surface area (Å²) in [5.74, 6) is -1.43. The Morgan fingerprint density at radius 3 is 2.50 bits per heavy atom. The van der Waals surface area contributed by atoms with Crippen molar-refractivity contribution in [2.45, 2.75) is 32.8 Å². The summed E-state index contributed by atoms with van der Waals surface area (Å²) < 4.78 is 9.20. The van der Waals surface area contributed by atoms with Crippen molar-refractivity contribution in [3.05, 3.63) is 12.2 Å². The Morgan fingerprint density at radius 1 is 1.28 bits per heavy atom. The van der Waals surface area contributed by atoms with Crippen LogP contribution in [0, 0.1) is 0 Å². The van der Waals surface area contributed by atoms with Gasteiger partial charge < -0.3 is 14.6 Å². The van der Waals surface area contributed by atoms with E-state index < -0.39 is 23.8 Å². The zero-order valence-corrected chi connectivity index (χ0v) is 10.5. The molecule has 1 N–H and O–H groups in total. The molecule has 6 nitrogen and oxygen atoms in total. The predicted molar refractivity (Wildman–Crippen MR) is 62.7 cm³/mol. The van der Waals surface area contributed by atoms with Crippen molar-refractivity contribution >= 4 is 17.7 Å². The summed E-state index contributed by atoms with van der Waals surface area (Å²) in [6, 6.07) is 0. The SMILES string of the molecule is CCOC(=O)CC(=O)C[C@@H](O)/C=C/COC(C)=O. The number of aliphatic hydroxyl groups is 1. The molecule has 6 heteroatoms. The number of Topliss-reactive ketones (excluding diaryl/α,β-unsaturated/α-hetero) is 1. The van der Waals surface area contributed by atoms with Gasteiger partial charge >= 0.3 is 11.9 Å². The molecule has 0 aliphatic rings. The highest BCUT2D eigenvalue weighted by Gasteiger charge is 2.13. The van der Waals surface area contributed by atoms with Crippen LogP contribution in [0.5, 0.6) is 0 Å². The summed E-state index contributed by atoms with van der Waals surface area (Å²) in [4.78, 5) is 32.7. The van der Waals surface area contributed by atoms with Crippen LogP contribution >= 0.6 is 0 Å². The highest BCUT2D eigenvalue weighted by molar-refractivity contribution is 5.95. The van der Waals surface area contributed by atoms with Crippen LogP contribution < -0.4 is 0 Å². The molecule has 0 aromatic carbocycles. The molecule has 0 rings (SSSR count). The van der Waals surface area contributed by atoms with E-state index in [1.54, 1.807) is 6.92 Å². The van der Waals surface area contributed by atoms with E-state index in [0.29, 0.717) is 0 Å². The second-order valence-electron chi connectivity index (χ2n) is 3.52. The van der Waals surface area contributed by atoms with E-state index in [1.165, 1.54) is 19.1 Å². The fourth-order valence-electron chi connectivity index (χ4n) is 1.12. The first kappa shape index (κ1) is 16.3. The van der Waals surface area contributed by atoms with Gasteiger partial charge in [0.2, 0.25) is 0 Å². The molecule has 0 spiro atoms. The summed E-state index contributed by atoms with van der Waals surface area (Å²) in [6.07, 6.45) is 1.26. The first-order valence-corrected chi connectivity index (χ1v) is 5.61. The Morgan fingerprint density at radius 2 is 1.94 bits per heavy atom. The van der Waals surface area contributed by atoms with E-state index in [9.17, 15) is 19.5 Å². The Balaban J connectivity index is 3.86. The maximum Gasteiger partial charge on any atom is 0.313 e. The highest BCUT2D eigenvalue weighted by atomic mass is 16.5. The second-order valence-corrected chi connectivity index (χ2v) is 3.52. The molecule has 102 valence electrons. The molecule has 0 amide bonds. The Hall–Kier alpha value is -1.69. The van der Waals surface area contributed by atoms with Crippen molar-refractivity contribution in [2.24, 2.45) is 0 Å². The molecule has 0 aromatic rings. The third-order valence-corrected chi connectivity index (χ3v) is 1.82. The molecule has 1 atom stereocenters. The quantitative estimate of drug-likeness (QED) is 0.384. The van der Waals surface area contributed by atoms with Gasteiger partial charge in [-0.25, -0.2) is 0 Å². The van der Waals surface area contributed by atoms with E-state index in [-0.39, 0.29) is 26.1 Å². The lowest BCUT2D eigenvalue weighted by atomic mass is 10.1. The summed E-state index contributed by atoms with van der Waals surface area (Å²) in [5, 5.41) is 9.43. The fraction of sp³-hybridized carbons (Fsp3) is 0.583. The lowest BCUT2D eigenvalue weighted by Crippen LogP contribution is -2.16. The Labute approximate surface area is 106 Å². The van der Waals surface area contributed by atoms with Crippen molar-refractivity contribution < 1.29 is 29.0 Å². The van der Waals surface area contributed by atoms with Gasteiger partial charge in [0.05, 0.1) is 12.7 Å². The van der Waals surface area contributed by atoms with Gasteiger partial charge in [0.15, 0.2) is 0 Å². The average Bonchev–Trinajstić information content (AvgIpc) is 2.24. The minimum absolute atomic E-state index is 0.0401. The third kappa shape index (κ3) is 9.53. The van der Waals surface area contributed by atoms with Gasteiger partial charge in [-0.3, -0.25) is 14.4 Å². The third-order valence-electron chi connectivity index (χ3n) is 1.82. The van der Waals surface area contributed by atoms with Gasteiger partial charge in [0, 0.05) is 13.3 Å². The molecule has 0 aliphatic heterocycles. The summed E-state index contributed by atoms with van der Waals surface area (Å²) >= 11 is 0. The number of aliphatic hydroxyl groups excluding tert-OH is 1. The van der Waals surface area contributed by atoms with Crippen molar-refractivity contribution in [3.63, 3.8) is 0 Å². The van der Waals surface area contributed by atoms with E-state index in [1.807, 2.05) is 0 Å². The molecule has 0 aromatic heterocycles. The number of ether oxygens (including phenoxy) is 2. The number of hydrogen-bond acceptors (Lipinski definition) is 6. The van der Waals surface area contributed by atoms with Crippen LogP contribution in [-0.2, 0) is 23.9 Å². The van der Waals surface area contributed by atoms with E-state index in [0.717, 1.165) is 0 Å². The lowest BCUT2D eigenvalue weighted by molar-refractivity contribution is -0.146. The fourth-order valence-corrected chi connectivity index (χ4v) is 1.12. The molecule has 18 heavy (non-hydrogen) atoms. The van der Waals surface area contributed by atoms with Crippen LogP contribution in [-0.4, -0.2) is 42.1 Å². The number of rotatable bonds is 8. The molecular formula is C12H18O6. The van der Waals surface area contributed by atoms with Crippen LogP contribution in [0.3, 0.4) is 0 Å². The normalized spacial score (nSPS) is 12.2. The minimum atomic E-state index is -0.998. The molecule has 0 saturated carbocycles. The number of carbonyl (C=O) groups excluding carboxylic acids is 3. The van der Waals surface area contributed by atoms with Crippen molar-refractivity contribution in [1.82, 2.24) is 0 Å². The average molecular weight is 258 g/mol. The number of hydrogen-bond donors (Lipinski definition) is 1. The molecule has 0 fully saturated rings. The zero-order valence-electron chi connectivity index (χ0n) is 10.5. The second kappa shape index (κ2) is 9.35. The van der Waals surface area contributed by atoms with Crippen molar-refractivity contribution in [2.75, 3.05) is 13.2 Å². The molecule has 0 bridgehead atoms. The highest BCUT2D eigenvalue weighted by Crippen LogP contribution is 2.00. The van der Waals surface area contributed by atoms with Crippen LogP contribution in [0.15, 0.2) is 12.2 Å². The monoisotopic (exact) mass is 258 g/mol. The number of esters is 2.